The normalized spacial score (nSPS) is 11.3. The van der Waals surface area contributed by atoms with Crippen molar-refractivity contribution in [1.82, 2.24) is 9.13 Å². The van der Waals surface area contributed by atoms with E-state index in [4.69, 9.17) is 6.57 Å². The van der Waals surface area contributed by atoms with Crippen LogP contribution in [0.2, 0.25) is 0 Å². The van der Waals surface area contributed by atoms with Crippen LogP contribution < -0.4 is 0 Å². The van der Waals surface area contributed by atoms with Gasteiger partial charge in [0.15, 0.2) is 5.69 Å². The number of benzene rings is 6. The van der Waals surface area contributed by atoms with Gasteiger partial charge in [-0.05, 0) is 54.1 Å². The molecule has 0 aliphatic heterocycles. The third-order valence-corrected chi connectivity index (χ3v) is 8.19. The molecule has 0 aliphatic rings. The molecule has 0 spiro atoms. The number of rotatable bonds is 3. The van der Waals surface area contributed by atoms with Gasteiger partial charge in [-0.15, -0.1) is 0 Å². The average molecular weight is 535 g/mol. The smallest absolute Gasteiger partial charge is 0.196 e. The lowest BCUT2D eigenvalue weighted by atomic mass is 9.96. The van der Waals surface area contributed by atoms with E-state index >= 15 is 0 Å². The third kappa shape index (κ3) is 3.33. The standard InChI is InChI=1S/C38H22N4/c1-40-32-16-10-11-25(24-39)38(32)31-23-26(41-33-17-6-2-12-27(33)28-13-3-7-18-34(28)41)21-22-37(31)42-35-19-8-4-14-29(35)30-15-5-9-20-36(30)42/h2-23H. The maximum Gasteiger partial charge on any atom is 0.196 e. The molecule has 0 bridgehead atoms. The number of nitrogens with zero attached hydrogens (tertiary/aromatic N) is 4. The Balaban J connectivity index is 1.53. The van der Waals surface area contributed by atoms with E-state index in [0.717, 1.165) is 49.8 Å². The Kier molecular flexibility index (Phi) is 5.22. The van der Waals surface area contributed by atoms with E-state index in [1.165, 1.54) is 10.8 Å². The van der Waals surface area contributed by atoms with E-state index < -0.39 is 0 Å². The molecule has 0 N–H and O–H groups in total. The summed E-state index contributed by atoms with van der Waals surface area (Å²) in [5.41, 5.74) is 8.66. The molecular weight excluding hydrogens is 512 g/mol. The molecule has 6 aromatic carbocycles. The number of fused-ring (bicyclic) bond motifs is 6. The number of hydrogen-bond acceptors (Lipinski definition) is 1. The highest BCUT2D eigenvalue weighted by Gasteiger charge is 2.21. The van der Waals surface area contributed by atoms with E-state index in [-0.39, 0.29) is 0 Å². The van der Waals surface area contributed by atoms with Crippen molar-refractivity contribution in [3.8, 4) is 28.6 Å². The zero-order valence-corrected chi connectivity index (χ0v) is 22.5. The lowest BCUT2D eigenvalue weighted by molar-refractivity contribution is 1.15. The maximum absolute atomic E-state index is 10.2. The molecule has 2 heterocycles. The first-order chi connectivity index (χ1) is 20.8. The second kappa shape index (κ2) is 9.24. The van der Waals surface area contributed by atoms with Crippen molar-refractivity contribution < 1.29 is 0 Å². The van der Waals surface area contributed by atoms with Gasteiger partial charge in [0, 0.05) is 38.4 Å². The van der Waals surface area contributed by atoms with Crippen LogP contribution in [-0.2, 0) is 0 Å². The fraction of sp³-hybridized carbons (Fsp3) is 0. The van der Waals surface area contributed by atoms with E-state index in [1.54, 1.807) is 18.2 Å². The molecule has 0 atom stereocenters. The molecule has 8 rings (SSSR count). The molecule has 42 heavy (non-hydrogen) atoms. The van der Waals surface area contributed by atoms with Gasteiger partial charge in [0.05, 0.1) is 40.4 Å². The highest BCUT2D eigenvalue weighted by molar-refractivity contribution is 6.11. The summed E-state index contributed by atoms with van der Waals surface area (Å²) in [6, 6.07) is 47.8. The second-order valence-corrected chi connectivity index (χ2v) is 10.4. The van der Waals surface area contributed by atoms with Crippen LogP contribution in [-0.4, -0.2) is 9.13 Å². The Bertz CT molecular complexity index is 2300. The van der Waals surface area contributed by atoms with Crippen molar-refractivity contribution in [3.05, 3.63) is 150 Å². The Morgan fingerprint density at radius 1 is 0.548 bits per heavy atom. The predicted octanol–water partition coefficient (Wildman–Crippen LogP) is 9.97. The summed E-state index contributed by atoms with van der Waals surface area (Å²) in [5.74, 6) is 0. The van der Waals surface area contributed by atoms with Crippen LogP contribution in [0.4, 0.5) is 5.69 Å². The van der Waals surface area contributed by atoms with E-state index in [0.29, 0.717) is 16.8 Å². The molecule has 0 unspecified atom stereocenters. The molecule has 194 valence electrons. The van der Waals surface area contributed by atoms with Crippen molar-refractivity contribution in [2.45, 2.75) is 0 Å². The van der Waals surface area contributed by atoms with Crippen LogP contribution in [0.1, 0.15) is 5.56 Å². The first kappa shape index (κ1) is 23.8. The summed E-state index contributed by atoms with van der Waals surface area (Å²) in [5, 5.41) is 14.9. The minimum Gasteiger partial charge on any atom is -0.309 e. The van der Waals surface area contributed by atoms with Crippen molar-refractivity contribution in [2.24, 2.45) is 0 Å². The SMILES string of the molecule is [C-]#[N+]c1cccc(C#N)c1-c1cc(-n2c3ccccc3c3ccccc32)ccc1-n1c2ccccc2c2ccccc21. The molecule has 0 saturated heterocycles. The summed E-state index contributed by atoms with van der Waals surface area (Å²) < 4.78 is 4.54. The Hall–Kier alpha value is -6.10. The second-order valence-electron chi connectivity index (χ2n) is 10.4. The predicted molar refractivity (Wildman–Crippen MR) is 172 cm³/mol. The fourth-order valence-electron chi connectivity index (χ4n) is 6.45. The summed E-state index contributed by atoms with van der Waals surface area (Å²) in [4.78, 5) is 3.88. The van der Waals surface area contributed by atoms with Crippen LogP contribution >= 0.6 is 0 Å². The third-order valence-electron chi connectivity index (χ3n) is 8.19. The minimum absolute atomic E-state index is 0.454. The highest BCUT2D eigenvalue weighted by atomic mass is 15.0. The van der Waals surface area contributed by atoms with Gasteiger partial charge in [-0.2, -0.15) is 5.26 Å². The van der Waals surface area contributed by atoms with E-state index in [2.05, 4.69) is 135 Å². The quantitative estimate of drug-likeness (QED) is 0.208. The van der Waals surface area contributed by atoms with E-state index in [9.17, 15) is 5.26 Å². The molecule has 0 fully saturated rings. The van der Waals surface area contributed by atoms with Gasteiger partial charge in [-0.3, -0.25) is 0 Å². The first-order valence-corrected chi connectivity index (χ1v) is 13.8. The Morgan fingerprint density at radius 2 is 1.05 bits per heavy atom. The van der Waals surface area contributed by atoms with Crippen molar-refractivity contribution >= 4 is 49.3 Å². The molecule has 2 aromatic heterocycles. The minimum atomic E-state index is 0.454. The Labute approximate surface area is 242 Å². The van der Waals surface area contributed by atoms with Gasteiger partial charge >= 0.3 is 0 Å². The number of nitriles is 1. The lowest BCUT2D eigenvalue weighted by Gasteiger charge is -2.19. The van der Waals surface area contributed by atoms with Crippen molar-refractivity contribution in [2.75, 3.05) is 0 Å². The molecule has 0 amide bonds. The van der Waals surface area contributed by atoms with E-state index in [1.807, 2.05) is 0 Å². The van der Waals surface area contributed by atoms with Crippen LogP contribution in [0.3, 0.4) is 0 Å². The van der Waals surface area contributed by atoms with Gasteiger partial charge in [0.2, 0.25) is 0 Å². The molecule has 0 aliphatic carbocycles. The monoisotopic (exact) mass is 534 g/mol. The average Bonchev–Trinajstić information content (AvgIpc) is 3.57. The van der Waals surface area contributed by atoms with Crippen LogP contribution in [0.15, 0.2) is 133 Å². The zero-order chi connectivity index (χ0) is 28.2. The molecule has 8 aromatic rings. The summed E-state index contributed by atoms with van der Waals surface area (Å²) in [7, 11) is 0. The highest BCUT2D eigenvalue weighted by Crippen LogP contribution is 2.42. The van der Waals surface area contributed by atoms with Gasteiger partial charge < -0.3 is 9.13 Å². The number of aromatic nitrogens is 2. The fourth-order valence-corrected chi connectivity index (χ4v) is 6.45. The van der Waals surface area contributed by atoms with Gasteiger partial charge in [0.1, 0.15) is 0 Å². The molecule has 4 nitrogen and oxygen atoms in total. The molecular formula is C38H22N4. The number of para-hydroxylation sites is 4. The zero-order valence-electron chi connectivity index (χ0n) is 22.5. The topological polar surface area (TPSA) is 38.0 Å². The van der Waals surface area contributed by atoms with Crippen LogP contribution in [0.25, 0.3) is 71.0 Å². The molecule has 4 heteroatoms. The largest absolute Gasteiger partial charge is 0.309 e. The summed E-state index contributed by atoms with van der Waals surface area (Å²) in [6.45, 7) is 8.03. The van der Waals surface area contributed by atoms with Crippen LogP contribution in [0.5, 0.6) is 0 Å². The first-order valence-electron chi connectivity index (χ1n) is 13.8. The summed E-state index contributed by atoms with van der Waals surface area (Å²) >= 11 is 0. The van der Waals surface area contributed by atoms with Gasteiger partial charge in [-0.1, -0.05) is 84.9 Å². The van der Waals surface area contributed by atoms with Crippen molar-refractivity contribution in [3.63, 3.8) is 0 Å². The van der Waals surface area contributed by atoms with Gasteiger partial charge in [-0.25, -0.2) is 4.85 Å². The van der Waals surface area contributed by atoms with Crippen molar-refractivity contribution in [1.29, 1.82) is 5.26 Å². The van der Waals surface area contributed by atoms with Crippen LogP contribution in [0, 0.1) is 17.9 Å². The number of hydrogen-bond donors (Lipinski definition) is 0. The maximum atomic E-state index is 10.2. The van der Waals surface area contributed by atoms with Gasteiger partial charge in [0.25, 0.3) is 0 Å². The summed E-state index contributed by atoms with van der Waals surface area (Å²) in [6.07, 6.45) is 0. The molecule has 0 saturated carbocycles. The molecule has 0 radical (unpaired) electrons. The lowest BCUT2D eigenvalue weighted by Crippen LogP contribution is -2.01. The Morgan fingerprint density at radius 3 is 1.55 bits per heavy atom.